The molecule has 4 heteroatoms. The van der Waals surface area contributed by atoms with Crippen molar-refractivity contribution in [3.05, 3.63) is 47.6 Å². The molecule has 1 aromatic carbocycles. The highest BCUT2D eigenvalue weighted by Crippen LogP contribution is 2.29. The summed E-state index contributed by atoms with van der Waals surface area (Å²) in [5, 5.41) is 0.509. The van der Waals surface area contributed by atoms with Crippen LogP contribution in [-0.2, 0) is 0 Å². The summed E-state index contributed by atoms with van der Waals surface area (Å²) >= 11 is 5.94. The maximum atomic E-state index is 5.94. The third-order valence-electron chi connectivity index (χ3n) is 1.81. The summed E-state index contributed by atoms with van der Waals surface area (Å²) in [5.41, 5.74) is 6.22. The van der Waals surface area contributed by atoms with Crippen molar-refractivity contribution in [1.82, 2.24) is 4.98 Å². The molecule has 0 saturated heterocycles. The van der Waals surface area contributed by atoms with Gasteiger partial charge in [-0.15, -0.1) is 0 Å². The van der Waals surface area contributed by atoms with Gasteiger partial charge < -0.3 is 10.5 Å². The van der Waals surface area contributed by atoms with Crippen LogP contribution in [0.1, 0.15) is 0 Å². The minimum Gasteiger partial charge on any atom is -0.437 e. The molecule has 2 rings (SSSR count). The van der Waals surface area contributed by atoms with E-state index in [1.165, 1.54) is 0 Å². The molecule has 0 aliphatic carbocycles. The van der Waals surface area contributed by atoms with E-state index in [1.807, 2.05) is 12.1 Å². The molecule has 1 aromatic heterocycles. The molecular weight excluding hydrogens is 212 g/mol. The van der Waals surface area contributed by atoms with Crippen molar-refractivity contribution in [3.63, 3.8) is 0 Å². The first-order chi connectivity index (χ1) is 7.25. The summed E-state index contributed by atoms with van der Waals surface area (Å²) in [6.45, 7) is 0. The van der Waals surface area contributed by atoms with E-state index in [1.54, 1.807) is 30.5 Å². The van der Waals surface area contributed by atoms with E-state index >= 15 is 0 Å². The summed E-state index contributed by atoms with van der Waals surface area (Å²) in [4.78, 5) is 4.02. The molecule has 0 saturated carbocycles. The summed E-state index contributed by atoms with van der Waals surface area (Å²) in [6, 6.07) is 10.5. The Morgan fingerprint density at radius 3 is 2.80 bits per heavy atom. The number of ether oxygens (including phenoxy) is 1. The smallest absolute Gasteiger partial charge is 0.219 e. The van der Waals surface area contributed by atoms with E-state index in [9.17, 15) is 0 Å². The zero-order valence-corrected chi connectivity index (χ0v) is 8.61. The molecular formula is C11H9ClN2O. The molecule has 0 fully saturated rings. The minimum atomic E-state index is 0.491. The maximum absolute atomic E-state index is 5.94. The van der Waals surface area contributed by atoms with Crippen LogP contribution in [0.4, 0.5) is 5.69 Å². The van der Waals surface area contributed by atoms with Gasteiger partial charge in [-0.05, 0) is 18.2 Å². The first-order valence-corrected chi connectivity index (χ1v) is 4.77. The first-order valence-electron chi connectivity index (χ1n) is 4.39. The number of anilines is 1. The van der Waals surface area contributed by atoms with Gasteiger partial charge in [-0.2, -0.15) is 0 Å². The van der Waals surface area contributed by atoms with Crippen molar-refractivity contribution in [2.75, 3.05) is 5.73 Å². The van der Waals surface area contributed by atoms with Gasteiger partial charge in [0.15, 0.2) is 0 Å². The van der Waals surface area contributed by atoms with Gasteiger partial charge in [0.1, 0.15) is 5.75 Å². The SMILES string of the molecule is Nc1ccc(Cl)c(Oc2ccccn2)c1. The number of hydrogen-bond donors (Lipinski definition) is 1. The monoisotopic (exact) mass is 220 g/mol. The number of aromatic nitrogens is 1. The number of pyridine rings is 1. The lowest BCUT2D eigenvalue weighted by atomic mass is 10.3. The second-order valence-corrected chi connectivity index (χ2v) is 3.37. The van der Waals surface area contributed by atoms with E-state index in [4.69, 9.17) is 22.1 Å². The Balaban J connectivity index is 2.28. The number of rotatable bonds is 2. The average molecular weight is 221 g/mol. The number of halogens is 1. The minimum absolute atomic E-state index is 0.491. The van der Waals surface area contributed by atoms with Gasteiger partial charge in [-0.3, -0.25) is 0 Å². The van der Waals surface area contributed by atoms with Crippen molar-refractivity contribution in [2.45, 2.75) is 0 Å². The summed E-state index contributed by atoms with van der Waals surface area (Å²) < 4.78 is 5.47. The number of nitrogens with two attached hydrogens (primary N) is 1. The van der Waals surface area contributed by atoms with Crippen molar-refractivity contribution in [1.29, 1.82) is 0 Å². The highest BCUT2D eigenvalue weighted by molar-refractivity contribution is 6.32. The highest BCUT2D eigenvalue weighted by Gasteiger charge is 2.03. The molecule has 0 aliphatic rings. The Hall–Kier alpha value is -1.74. The van der Waals surface area contributed by atoms with Crippen molar-refractivity contribution in [2.24, 2.45) is 0 Å². The van der Waals surface area contributed by atoms with Crippen molar-refractivity contribution >= 4 is 17.3 Å². The Bertz CT molecular complexity index is 459. The second kappa shape index (κ2) is 4.19. The number of hydrogen-bond acceptors (Lipinski definition) is 3. The van der Waals surface area contributed by atoms with Crippen LogP contribution in [-0.4, -0.2) is 4.98 Å². The third kappa shape index (κ3) is 2.39. The van der Waals surface area contributed by atoms with E-state index in [2.05, 4.69) is 4.98 Å². The topological polar surface area (TPSA) is 48.1 Å². The Kier molecular flexibility index (Phi) is 2.74. The fourth-order valence-electron chi connectivity index (χ4n) is 1.12. The zero-order valence-electron chi connectivity index (χ0n) is 7.85. The molecule has 0 spiro atoms. The van der Waals surface area contributed by atoms with Gasteiger partial charge in [0.2, 0.25) is 5.88 Å². The first kappa shape index (κ1) is 9.80. The molecule has 2 aromatic rings. The molecule has 1 heterocycles. The van der Waals surface area contributed by atoms with Crippen LogP contribution in [0.3, 0.4) is 0 Å². The van der Waals surface area contributed by atoms with Crippen molar-refractivity contribution in [3.8, 4) is 11.6 Å². The average Bonchev–Trinajstić information content (AvgIpc) is 2.25. The molecule has 0 aliphatic heterocycles. The van der Waals surface area contributed by atoms with Crippen LogP contribution < -0.4 is 10.5 Å². The van der Waals surface area contributed by atoms with Gasteiger partial charge in [-0.25, -0.2) is 4.98 Å². The molecule has 0 atom stereocenters. The molecule has 0 bridgehead atoms. The van der Waals surface area contributed by atoms with Gasteiger partial charge in [0, 0.05) is 24.0 Å². The standard InChI is InChI=1S/C11H9ClN2O/c12-9-5-4-8(13)7-10(9)15-11-3-1-2-6-14-11/h1-7H,13H2. The molecule has 0 unspecified atom stereocenters. The van der Waals surface area contributed by atoms with Crippen LogP contribution >= 0.6 is 11.6 Å². The van der Waals surface area contributed by atoms with Crippen LogP contribution in [0.5, 0.6) is 11.6 Å². The van der Waals surface area contributed by atoms with E-state index in [0.29, 0.717) is 22.3 Å². The quantitative estimate of drug-likeness (QED) is 0.792. The van der Waals surface area contributed by atoms with Gasteiger partial charge >= 0.3 is 0 Å². The van der Waals surface area contributed by atoms with E-state index in [-0.39, 0.29) is 0 Å². The van der Waals surface area contributed by atoms with Gasteiger partial charge in [0.05, 0.1) is 5.02 Å². The van der Waals surface area contributed by atoms with Crippen molar-refractivity contribution < 1.29 is 4.74 Å². The normalized spacial score (nSPS) is 9.93. The third-order valence-corrected chi connectivity index (χ3v) is 2.12. The fraction of sp³-hybridized carbons (Fsp3) is 0. The zero-order chi connectivity index (χ0) is 10.7. The highest BCUT2D eigenvalue weighted by atomic mass is 35.5. The number of nitrogens with zero attached hydrogens (tertiary/aromatic N) is 1. The molecule has 0 radical (unpaired) electrons. The maximum Gasteiger partial charge on any atom is 0.219 e. The summed E-state index contributed by atoms with van der Waals surface area (Å²) in [7, 11) is 0. The summed E-state index contributed by atoms with van der Waals surface area (Å²) in [6.07, 6.45) is 1.65. The van der Waals surface area contributed by atoms with Gasteiger partial charge in [-0.1, -0.05) is 17.7 Å². The molecule has 2 N–H and O–H groups in total. The second-order valence-electron chi connectivity index (χ2n) is 2.96. The summed E-state index contributed by atoms with van der Waals surface area (Å²) in [5.74, 6) is 1.00. The van der Waals surface area contributed by atoms with Crippen LogP contribution in [0.2, 0.25) is 5.02 Å². The lowest BCUT2D eigenvalue weighted by Crippen LogP contribution is -1.90. The number of nitrogen functional groups attached to an aromatic ring is 1. The Morgan fingerprint density at radius 1 is 1.20 bits per heavy atom. The van der Waals surface area contributed by atoms with E-state index < -0.39 is 0 Å². The molecule has 76 valence electrons. The lowest BCUT2D eigenvalue weighted by Gasteiger charge is -2.06. The lowest BCUT2D eigenvalue weighted by molar-refractivity contribution is 0.463. The molecule has 15 heavy (non-hydrogen) atoms. The molecule has 0 amide bonds. The van der Waals surface area contributed by atoms with E-state index in [0.717, 1.165) is 0 Å². The largest absolute Gasteiger partial charge is 0.437 e. The predicted molar refractivity (Wildman–Crippen MR) is 60.2 cm³/mol. The van der Waals surface area contributed by atoms with Crippen LogP contribution in [0, 0.1) is 0 Å². The predicted octanol–water partition coefficient (Wildman–Crippen LogP) is 3.11. The van der Waals surface area contributed by atoms with Crippen LogP contribution in [0.25, 0.3) is 0 Å². The fourth-order valence-corrected chi connectivity index (χ4v) is 1.27. The van der Waals surface area contributed by atoms with Gasteiger partial charge in [0.25, 0.3) is 0 Å². The Morgan fingerprint density at radius 2 is 2.07 bits per heavy atom. The Labute approximate surface area is 92.5 Å². The number of benzene rings is 1. The van der Waals surface area contributed by atoms with Crippen LogP contribution in [0.15, 0.2) is 42.6 Å². The molecule has 3 nitrogen and oxygen atoms in total.